The lowest BCUT2D eigenvalue weighted by Gasteiger charge is -2.05. The summed E-state index contributed by atoms with van der Waals surface area (Å²) in [5.74, 6) is 1.04. The maximum Gasteiger partial charge on any atom is 0.123 e. The van der Waals surface area contributed by atoms with Gasteiger partial charge in [0.2, 0.25) is 0 Å². The van der Waals surface area contributed by atoms with Crippen LogP contribution in [0.15, 0.2) is 30.5 Å². The van der Waals surface area contributed by atoms with Crippen molar-refractivity contribution in [2.75, 3.05) is 6.54 Å². The zero-order valence-corrected chi connectivity index (χ0v) is 9.61. The van der Waals surface area contributed by atoms with Gasteiger partial charge in [0.15, 0.2) is 0 Å². The number of aromatic nitrogens is 2. The molecule has 1 fully saturated rings. The predicted octanol–water partition coefficient (Wildman–Crippen LogP) is 1.29. The van der Waals surface area contributed by atoms with E-state index in [1.807, 2.05) is 30.5 Å². The number of hydrogen-bond acceptors (Lipinski definition) is 2. The van der Waals surface area contributed by atoms with Gasteiger partial charge in [-0.15, -0.1) is 0 Å². The monoisotopic (exact) mass is 223 g/mol. The van der Waals surface area contributed by atoms with Crippen molar-refractivity contribution in [3.63, 3.8) is 0 Å². The number of nitrogens with zero attached hydrogens (tertiary/aromatic N) is 1. The Morgan fingerprint density at radius 2 is 2.06 bits per heavy atom. The van der Waals surface area contributed by atoms with Crippen LogP contribution in [0.3, 0.4) is 0 Å². The summed E-state index contributed by atoms with van der Waals surface area (Å²) in [6, 6.07) is 8.22. The third-order valence-corrected chi connectivity index (χ3v) is 3.21. The van der Waals surface area contributed by atoms with E-state index in [0.29, 0.717) is 6.04 Å². The summed E-state index contributed by atoms with van der Waals surface area (Å²) < 4.78 is 0. The van der Waals surface area contributed by atoms with E-state index in [0.717, 1.165) is 35.5 Å². The lowest BCUT2D eigenvalue weighted by molar-refractivity contribution is 0.613. The zero-order valence-electron chi connectivity index (χ0n) is 9.61. The molecule has 1 aromatic carbocycles. The van der Waals surface area contributed by atoms with E-state index >= 15 is 0 Å². The van der Waals surface area contributed by atoms with Crippen LogP contribution in [0.1, 0.15) is 24.7 Å². The van der Waals surface area contributed by atoms with Crippen molar-refractivity contribution in [3.8, 4) is 11.3 Å². The number of benzene rings is 1. The Bertz CT molecular complexity index is 498. The fourth-order valence-electron chi connectivity index (χ4n) is 2.24. The SMILES string of the molecule is [B]c1ccc(-c2cnc(C3CCCN3)[nH]2)cc1. The summed E-state index contributed by atoms with van der Waals surface area (Å²) in [5, 5.41) is 3.43. The summed E-state index contributed by atoms with van der Waals surface area (Å²) in [6.45, 7) is 1.09. The van der Waals surface area contributed by atoms with Crippen LogP contribution in [0.25, 0.3) is 11.3 Å². The molecular formula is C13H14BN3. The number of hydrogen-bond donors (Lipinski definition) is 2. The molecule has 17 heavy (non-hydrogen) atoms. The standard InChI is InChI=1S/C13H14BN3/c14-10-5-3-9(4-6-10)12-8-16-13(17-12)11-2-1-7-15-11/h3-6,8,11,15H,1-2,7H2,(H,16,17). The van der Waals surface area contributed by atoms with Gasteiger partial charge in [-0.1, -0.05) is 29.7 Å². The number of nitrogens with one attached hydrogen (secondary N) is 2. The first-order valence-electron chi connectivity index (χ1n) is 5.97. The highest BCUT2D eigenvalue weighted by Crippen LogP contribution is 2.23. The highest BCUT2D eigenvalue weighted by atomic mass is 15.0. The number of aromatic amines is 1. The fraction of sp³-hybridized carbons (Fsp3) is 0.308. The minimum atomic E-state index is 0.387. The van der Waals surface area contributed by atoms with Crippen molar-refractivity contribution in [2.45, 2.75) is 18.9 Å². The highest BCUT2D eigenvalue weighted by Gasteiger charge is 2.18. The van der Waals surface area contributed by atoms with Crippen molar-refractivity contribution >= 4 is 13.3 Å². The first-order valence-corrected chi connectivity index (χ1v) is 5.97. The smallest absolute Gasteiger partial charge is 0.123 e. The summed E-state index contributed by atoms with van der Waals surface area (Å²) in [7, 11) is 5.67. The first kappa shape index (κ1) is 10.6. The first-order chi connectivity index (χ1) is 8.33. The van der Waals surface area contributed by atoms with Crippen LogP contribution in [-0.2, 0) is 0 Å². The van der Waals surface area contributed by atoms with Crippen LogP contribution >= 0.6 is 0 Å². The van der Waals surface area contributed by atoms with Crippen molar-refractivity contribution in [1.82, 2.24) is 15.3 Å². The van der Waals surface area contributed by atoms with Crippen LogP contribution in [0.5, 0.6) is 0 Å². The van der Waals surface area contributed by atoms with Crippen LogP contribution < -0.4 is 10.8 Å². The van der Waals surface area contributed by atoms with Gasteiger partial charge in [0.05, 0.1) is 17.9 Å². The maximum absolute atomic E-state index is 5.67. The molecule has 1 atom stereocenters. The lowest BCUT2D eigenvalue weighted by atomic mass is 9.95. The third kappa shape index (κ3) is 2.13. The van der Waals surface area contributed by atoms with E-state index in [1.54, 1.807) is 0 Å². The molecule has 0 bridgehead atoms. The molecular weight excluding hydrogens is 209 g/mol. The molecule has 1 aliphatic heterocycles. The van der Waals surface area contributed by atoms with Gasteiger partial charge in [0.25, 0.3) is 0 Å². The molecule has 2 N–H and O–H groups in total. The molecule has 0 saturated carbocycles. The van der Waals surface area contributed by atoms with Gasteiger partial charge in [-0.05, 0) is 24.9 Å². The second-order valence-electron chi connectivity index (χ2n) is 4.45. The maximum atomic E-state index is 5.67. The summed E-state index contributed by atoms with van der Waals surface area (Å²) >= 11 is 0. The van der Waals surface area contributed by atoms with Gasteiger partial charge in [-0.2, -0.15) is 0 Å². The average Bonchev–Trinajstić information content (AvgIpc) is 3.00. The Balaban J connectivity index is 1.86. The van der Waals surface area contributed by atoms with Crippen LogP contribution in [0, 0.1) is 0 Å². The van der Waals surface area contributed by atoms with Crippen LogP contribution in [0.2, 0.25) is 0 Å². The molecule has 1 saturated heterocycles. The molecule has 2 heterocycles. The average molecular weight is 223 g/mol. The Hall–Kier alpha value is -1.55. The largest absolute Gasteiger partial charge is 0.341 e. The molecule has 2 radical (unpaired) electrons. The minimum Gasteiger partial charge on any atom is -0.341 e. The van der Waals surface area contributed by atoms with E-state index in [1.165, 1.54) is 6.42 Å². The zero-order chi connectivity index (χ0) is 11.7. The normalized spacial score (nSPS) is 19.6. The molecule has 4 heteroatoms. The molecule has 1 aliphatic rings. The molecule has 3 nitrogen and oxygen atoms in total. The fourth-order valence-corrected chi connectivity index (χ4v) is 2.24. The molecule has 0 spiro atoms. The van der Waals surface area contributed by atoms with Gasteiger partial charge in [-0.25, -0.2) is 4.98 Å². The summed E-state index contributed by atoms with van der Waals surface area (Å²) in [6.07, 6.45) is 4.28. The molecule has 84 valence electrons. The number of H-pyrrole nitrogens is 1. The lowest BCUT2D eigenvalue weighted by Crippen LogP contribution is -2.14. The van der Waals surface area contributed by atoms with E-state index in [-0.39, 0.29) is 0 Å². The Kier molecular flexibility index (Phi) is 2.73. The van der Waals surface area contributed by atoms with Crippen LogP contribution in [0.4, 0.5) is 0 Å². The van der Waals surface area contributed by atoms with Gasteiger partial charge in [0, 0.05) is 0 Å². The molecule has 1 aromatic heterocycles. The third-order valence-electron chi connectivity index (χ3n) is 3.21. The minimum absolute atomic E-state index is 0.387. The summed E-state index contributed by atoms with van der Waals surface area (Å²) in [4.78, 5) is 7.82. The van der Waals surface area contributed by atoms with Crippen molar-refractivity contribution in [2.24, 2.45) is 0 Å². The van der Waals surface area contributed by atoms with Gasteiger partial charge < -0.3 is 10.3 Å². The Morgan fingerprint density at radius 3 is 2.76 bits per heavy atom. The van der Waals surface area contributed by atoms with Crippen LogP contribution in [-0.4, -0.2) is 24.4 Å². The van der Waals surface area contributed by atoms with Crippen molar-refractivity contribution in [1.29, 1.82) is 0 Å². The summed E-state index contributed by atoms with van der Waals surface area (Å²) in [5.41, 5.74) is 2.95. The topological polar surface area (TPSA) is 40.7 Å². The molecule has 1 unspecified atom stereocenters. The van der Waals surface area contributed by atoms with Crippen molar-refractivity contribution in [3.05, 3.63) is 36.3 Å². The molecule has 0 aliphatic carbocycles. The van der Waals surface area contributed by atoms with Gasteiger partial charge in [-0.3, -0.25) is 0 Å². The van der Waals surface area contributed by atoms with Gasteiger partial charge >= 0.3 is 0 Å². The number of rotatable bonds is 2. The molecule has 0 amide bonds. The molecule has 3 rings (SSSR count). The quantitative estimate of drug-likeness (QED) is 0.753. The number of imidazole rings is 1. The van der Waals surface area contributed by atoms with E-state index < -0.39 is 0 Å². The van der Waals surface area contributed by atoms with E-state index in [9.17, 15) is 0 Å². The second-order valence-corrected chi connectivity index (χ2v) is 4.45. The Morgan fingerprint density at radius 1 is 1.24 bits per heavy atom. The van der Waals surface area contributed by atoms with E-state index in [4.69, 9.17) is 7.85 Å². The van der Waals surface area contributed by atoms with Gasteiger partial charge in [0.1, 0.15) is 13.7 Å². The predicted molar refractivity (Wildman–Crippen MR) is 69.4 cm³/mol. The molecule has 2 aromatic rings. The van der Waals surface area contributed by atoms with E-state index in [2.05, 4.69) is 15.3 Å². The van der Waals surface area contributed by atoms with Crippen molar-refractivity contribution < 1.29 is 0 Å². The highest BCUT2D eigenvalue weighted by molar-refractivity contribution is 6.32. The second kappa shape index (κ2) is 4.38. The Labute approximate surface area is 102 Å².